The largest absolute Gasteiger partial charge is 0.324 e. The number of hydrogen-bond acceptors (Lipinski definition) is 7. The van der Waals surface area contributed by atoms with Crippen molar-refractivity contribution in [3.8, 4) is 5.82 Å². The topological polar surface area (TPSA) is 85.6 Å². The summed E-state index contributed by atoms with van der Waals surface area (Å²) in [6.07, 6.45) is 1.63. The van der Waals surface area contributed by atoms with Gasteiger partial charge in [0.2, 0.25) is 5.91 Å². The van der Waals surface area contributed by atoms with Gasteiger partial charge in [0.1, 0.15) is 5.51 Å². The second-order valence-electron chi connectivity index (χ2n) is 5.20. The molecule has 0 unspecified atom stereocenters. The van der Waals surface area contributed by atoms with Gasteiger partial charge in [-0.05, 0) is 39.0 Å². The zero-order valence-corrected chi connectivity index (χ0v) is 15.1. The van der Waals surface area contributed by atoms with E-state index >= 15 is 0 Å². The zero-order valence-electron chi connectivity index (χ0n) is 13.4. The Balaban J connectivity index is 1.65. The standard InChI is InChI=1S/C15H16N6OS2/c1-9-6-10(2)21(20-9)13-5-4-12(7-16-13)18-14(22)11(3)24-15-19-17-8-23-15/h4-8,11H,1-3H3,(H,18,22)/t11-/m0/s1. The van der Waals surface area contributed by atoms with E-state index in [1.54, 1.807) is 16.4 Å². The number of nitrogens with one attached hydrogen (secondary N) is 1. The highest BCUT2D eigenvalue weighted by molar-refractivity contribution is 8.02. The van der Waals surface area contributed by atoms with Crippen LogP contribution in [0.2, 0.25) is 0 Å². The zero-order chi connectivity index (χ0) is 17.1. The number of rotatable bonds is 5. The van der Waals surface area contributed by atoms with Crippen molar-refractivity contribution >= 4 is 34.7 Å². The van der Waals surface area contributed by atoms with Gasteiger partial charge in [0.05, 0.1) is 22.8 Å². The molecule has 9 heteroatoms. The number of hydrogen-bond donors (Lipinski definition) is 1. The fourth-order valence-corrected chi connectivity index (χ4v) is 3.73. The van der Waals surface area contributed by atoms with E-state index in [0.29, 0.717) is 5.69 Å². The van der Waals surface area contributed by atoms with Gasteiger partial charge >= 0.3 is 0 Å². The Morgan fingerprint density at radius 1 is 1.38 bits per heavy atom. The van der Waals surface area contributed by atoms with Crippen molar-refractivity contribution in [3.05, 3.63) is 41.3 Å². The molecule has 0 fully saturated rings. The molecule has 0 aliphatic carbocycles. The number of nitrogens with zero attached hydrogens (tertiary/aromatic N) is 5. The number of amides is 1. The molecule has 1 N–H and O–H groups in total. The molecule has 24 heavy (non-hydrogen) atoms. The van der Waals surface area contributed by atoms with Crippen LogP contribution in [0.4, 0.5) is 5.69 Å². The van der Waals surface area contributed by atoms with Crippen LogP contribution in [0.1, 0.15) is 18.3 Å². The number of anilines is 1. The minimum atomic E-state index is -0.270. The second-order valence-corrected chi connectivity index (χ2v) is 7.62. The minimum Gasteiger partial charge on any atom is -0.324 e. The Morgan fingerprint density at radius 3 is 2.79 bits per heavy atom. The van der Waals surface area contributed by atoms with Gasteiger partial charge < -0.3 is 5.32 Å². The minimum absolute atomic E-state index is 0.101. The van der Waals surface area contributed by atoms with Crippen LogP contribution >= 0.6 is 23.1 Å². The first-order chi connectivity index (χ1) is 11.5. The van der Waals surface area contributed by atoms with E-state index in [-0.39, 0.29) is 11.2 Å². The van der Waals surface area contributed by atoms with Crippen molar-refractivity contribution in [2.75, 3.05) is 5.32 Å². The maximum atomic E-state index is 12.2. The van der Waals surface area contributed by atoms with Crippen molar-refractivity contribution < 1.29 is 4.79 Å². The van der Waals surface area contributed by atoms with Crippen LogP contribution in [0.3, 0.4) is 0 Å². The molecule has 0 aromatic carbocycles. The number of carbonyl (C=O) groups is 1. The van der Waals surface area contributed by atoms with Crippen molar-refractivity contribution in [1.82, 2.24) is 25.0 Å². The maximum absolute atomic E-state index is 12.2. The third kappa shape index (κ3) is 3.80. The van der Waals surface area contributed by atoms with Crippen LogP contribution in [0, 0.1) is 13.8 Å². The van der Waals surface area contributed by atoms with Gasteiger partial charge in [0, 0.05) is 5.69 Å². The maximum Gasteiger partial charge on any atom is 0.237 e. The lowest BCUT2D eigenvalue weighted by molar-refractivity contribution is -0.115. The number of aryl methyl sites for hydroxylation is 2. The summed E-state index contributed by atoms with van der Waals surface area (Å²) in [5.74, 6) is 0.616. The van der Waals surface area contributed by atoms with Crippen molar-refractivity contribution in [2.24, 2.45) is 0 Å². The van der Waals surface area contributed by atoms with Crippen molar-refractivity contribution in [1.29, 1.82) is 0 Å². The molecule has 0 bridgehead atoms. The lowest BCUT2D eigenvalue weighted by Gasteiger charge is -2.10. The molecular formula is C15H16N6OS2. The van der Waals surface area contributed by atoms with Crippen molar-refractivity contribution in [2.45, 2.75) is 30.4 Å². The highest BCUT2D eigenvalue weighted by Crippen LogP contribution is 2.25. The Morgan fingerprint density at radius 2 is 2.21 bits per heavy atom. The van der Waals surface area contributed by atoms with Gasteiger partial charge in [-0.2, -0.15) is 5.10 Å². The average Bonchev–Trinajstić information content (AvgIpc) is 3.17. The molecule has 0 aliphatic heterocycles. The van der Waals surface area contributed by atoms with Gasteiger partial charge in [-0.25, -0.2) is 9.67 Å². The fraction of sp³-hybridized carbons (Fsp3) is 0.267. The smallest absolute Gasteiger partial charge is 0.237 e. The summed E-state index contributed by atoms with van der Waals surface area (Å²) in [6.45, 7) is 5.75. The first-order valence-electron chi connectivity index (χ1n) is 7.26. The summed E-state index contributed by atoms with van der Waals surface area (Å²) in [5.41, 5.74) is 4.25. The third-order valence-electron chi connectivity index (χ3n) is 3.23. The lowest BCUT2D eigenvalue weighted by Crippen LogP contribution is -2.22. The molecule has 0 saturated carbocycles. The molecule has 0 saturated heterocycles. The third-order valence-corrected chi connectivity index (χ3v) is 5.14. The molecule has 124 valence electrons. The van der Waals surface area contributed by atoms with E-state index in [9.17, 15) is 4.79 Å². The van der Waals surface area contributed by atoms with Crippen LogP contribution < -0.4 is 5.32 Å². The van der Waals surface area contributed by atoms with E-state index in [4.69, 9.17) is 0 Å². The molecule has 3 rings (SSSR count). The SMILES string of the molecule is Cc1cc(C)n(-c2ccc(NC(=O)[C@H](C)Sc3nncs3)cn2)n1. The molecule has 1 amide bonds. The fourth-order valence-electron chi connectivity index (χ4n) is 2.11. The van der Waals surface area contributed by atoms with Crippen LogP contribution in [0.5, 0.6) is 0 Å². The van der Waals surface area contributed by atoms with E-state index in [1.165, 1.54) is 23.1 Å². The summed E-state index contributed by atoms with van der Waals surface area (Å²) < 4.78 is 2.55. The molecule has 0 spiro atoms. The molecule has 7 nitrogen and oxygen atoms in total. The summed E-state index contributed by atoms with van der Waals surface area (Å²) in [6, 6.07) is 5.64. The Labute approximate surface area is 147 Å². The van der Waals surface area contributed by atoms with Gasteiger partial charge in [0.25, 0.3) is 0 Å². The number of carbonyl (C=O) groups excluding carboxylic acids is 1. The highest BCUT2D eigenvalue weighted by Gasteiger charge is 2.16. The molecule has 0 aliphatic rings. The van der Waals surface area contributed by atoms with Crippen molar-refractivity contribution in [3.63, 3.8) is 0 Å². The average molecular weight is 360 g/mol. The van der Waals surface area contributed by atoms with Crippen LogP contribution in [0.15, 0.2) is 34.2 Å². The predicted molar refractivity (Wildman–Crippen MR) is 94.7 cm³/mol. The van der Waals surface area contributed by atoms with E-state index in [1.807, 2.05) is 39.0 Å². The van der Waals surface area contributed by atoms with Crippen LogP contribution in [-0.2, 0) is 4.79 Å². The summed E-state index contributed by atoms with van der Waals surface area (Å²) in [7, 11) is 0. The summed E-state index contributed by atoms with van der Waals surface area (Å²) in [4.78, 5) is 16.6. The van der Waals surface area contributed by atoms with Crippen LogP contribution in [0.25, 0.3) is 5.82 Å². The van der Waals surface area contributed by atoms with Crippen LogP contribution in [-0.4, -0.2) is 36.1 Å². The van der Waals surface area contributed by atoms with Gasteiger partial charge in [0.15, 0.2) is 10.2 Å². The predicted octanol–water partition coefficient (Wildman–Crippen LogP) is 2.85. The normalized spacial score (nSPS) is 12.1. The number of aromatic nitrogens is 5. The number of pyridine rings is 1. The first kappa shape index (κ1) is 16.6. The lowest BCUT2D eigenvalue weighted by atomic mass is 10.3. The van der Waals surface area contributed by atoms with Gasteiger partial charge in [-0.3, -0.25) is 4.79 Å². The summed E-state index contributed by atoms with van der Waals surface area (Å²) in [5, 5.41) is 14.7. The molecule has 3 aromatic rings. The van der Waals surface area contributed by atoms with Gasteiger partial charge in [-0.1, -0.05) is 23.1 Å². The Kier molecular flexibility index (Phi) is 4.91. The molecular weight excluding hydrogens is 344 g/mol. The highest BCUT2D eigenvalue weighted by atomic mass is 32.2. The van der Waals surface area contributed by atoms with E-state index in [2.05, 4.69) is 25.6 Å². The second kappa shape index (κ2) is 7.10. The summed E-state index contributed by atoms with van der Waals surface area (Å²) >= 11 is 2.80. The molecule has 3 heterocycles. The first-order valence-corrected chi connectivity index (χ1v) is 9.02. The van der Waals surface area contributed by atoms with Gasteiger partial charge in [-0.15, -0.1) is 10.2 Å². The molecule has 1 atom stereocenters. The molecule has 0 radical (unpaired) electrons. The monoisotopic (exact) mass is 360 g/mol. The van der Waals surface area contributed by atoms with E-state index < -0.39 is 0 Å². The number of thioether (sulfide) groups is 1. The van der Waals surface area contributed by atoms with E-state index in [0.717, 1.165) is 21.5 Å². The quantitative estimate of drug-likeness (QED) is 0.704. The Bertz CT molecular complexity index is 828. The molecule has 3 aromatic heterocycles. The Hall–Kier alpha value is -2.26.